The molecule has 0 aliphatic rings. The monoisotopic (exact) mass is 331 g/mol. The SMILES string of the molecule is CC(CO)CSc1cc(Br)ccc1CNC(C)C. The third kappa shape index (κ3) is 5.74. The van der Waals surface area contributed by atoms with Gasteiger partial charge in [-0.15, -0.1) is 11.8 Å². The smallest absolute Gasteiger partial charge is 0.0464 e. The maximum Gasteiger partial charge on any atom is 0.0464 e. The minimum absolute atomic E-state index is 0.251. The molecule has 102 valence electrons. The van der Waals surface area contributed by atoms with Crippen molar-refractivity contribution in [2.75, 3.05) is 12.4 Å². The zero-order chi connectivity index (χ0) is 13.5. The third-order valence-electron chi connectivity index (χ3n) is 2.56. The first-order chi connectivity index (χ1) is 8.52. The van der Waals surface area contributed by atoms with E-state index < -0.39 is 0 Å². The Kier molecular flexibility index (Phi) is 7.30. The molecule has 1 atom stereocenters. The topological polar surface area (TPSA) is 32.3 Å². The quantitative estimate of drug-likeness (QED) is 0.748. The highest BCUT2D eigenvalue weighted by Crippen LogP contribution is 2.28. The Morgan fingerprint density at radius 1 is 1.33 bits per heavy atom. The summed E-state index contributed by atoms with van der Waals surface area (Å²) in [4.78, 5) is 1.29. The van der Waals surface area contributed by atoms with E-state index in [1.165, 1.54) is 10.5 Å². The summed E-state index contributed by atoms with van der Waals surface area (Å²) < 4.78 is 1.11. The Morgan fingerprint density at radius 3 is 2.67 bits per heavy atom. The number of halogens is 1. The van der Waals surface area contributed by atoms with Crippen LogP contribution < -0.4 is 5.32 Å². The molecule has 1 aromatic rings. The van der Waals surface area contributed by atoms with Crippen molar-refractivity contribution in [2.45, 2.75) is 38.3 Å². The van der Waals surface area contributed by atoms with Crippen molar-refractivity contribution in [1.29, 1.82) is 0 Å². The Hall–Kier alpha value is -0.0300. The molecule has 0 radical (unpaired) electrons. The van der Waals surface area contributed by atoms with Gasteiger partial charge in [-0.05, 0) is 23.6 Å². The number of rotatable bonds is 7. The van der Waals surface area contributed by atoms with E-state index in [0.717, 1.165) is 16.8 Å². The van der Waals surface area contributed by atoms with Gasteiger partial charge in [0.2, 0.25) is 0 Å². The highest BCUT2D eigenvalue weighted by Gasteiger charge is 2.07. The molecule has 1 unspecified atom stereocenters. The van der Waals surface area contributed by atoms with E-state index in [0.29, 0.717) is 12.0 Å². The van der Waals surface area contributed by atoms with Gasteiger partial charge < -0.3 is 10.4 Å². The average Bonchev–Trinajstić information content (AvgIpc) is 2.34. The van der Waals surface area contributed by atoms with E-state index in [1.54, 1.807) is 0 Å². The summed E-state index contributed by atoms with van der Waals surface area (Å²) in [6.45, 7) is 7.51. The fourth-order valence-corrected chi connectivity index (χ4v) is 3.03. The highest BCUT2D eigenvalue weighted by atomic mass is 79.9. The lowest BCUT2D eigenvalue weighted by Gasteiger charge is -2.14. The van der Waals surface area contributed by atoms with Gasteiger partial charge in [0.1, 0.15) is 0 Å². The van der Waals surface area contributed by atoms with Crippen LogP contribution in [0.15, 0.2) is 27.6 Å². The zero-order valence-electron chi connectivity index (χ0n) is 11.2. The molecule has 18 heavy (non-hydrogen) atoms. The summed E-state index contributed by atoms with van der Waals surface area (Å²) in [6.07, 6.45) is 0. The number of benzene rings is 1. The first-order valence-electron chi connectivity index (χ1n) is 6.28. The van der Waals surface area contributed by atoms with Gasteiger partial charge in [-0.3, -0.25) is 0 Å². The fraction of sp³-hybridized carbons (Fsp3) is 0.571. The molecule has 0 amide bonds. The number of aliphatic hydroxyl groups excluding tert-OH is 1. The number of hydrogen-bond donors (Lipinski definition) is 2. The first-order valence-corrected chi connectivity index (χ1v) is 8.06. The molecule has 2 N–H and O–H groups in total. The normalized spacial score (nSPS) is 13.0. The Balaban J connectivity index is 2.70. The van der Waals surface area contributed by atoms with Crippen molar-refractivity contribution >= 4 is 27.7 Å². The van der Waals surface area contributed by atoms with Gasteiger partial charge in [-0.2, -0.15) is 0 Å². The average molecular weight is 332 g/mol. The minimum atomic E-state index is 0.251. The molecular formula is C14H22BrNOS. The minimum Gasteiger partial charge on any atom is -0.396 e. The number of thioether (sulfide) groups is 1. The van der Waals surface area contributed by atoms with Crippen molar-refractivity contribution in [1.82, 2.24) is 5.32 Å². The molecule has 4 heteroatoms. The van der Waals surface area contributed by atoms with Crippen LogP contribution in [0.4, 0.5) is 0 Å². The Labute approximate surface area is 123 Å². The third-order valence-corrected chi connectivity index (χ3v) is 4.48. The van der Waals surface area contributed by atoms with Crippen molar-refractivity contribution in [3.8, 4) is 0 Å². The molecule has 1 rings (SSSR count). The van der Waals surface area contributed by atoms with Gasteiger partial charge in [0, 0.05) is 34.3 Å². The maximum absolute atomic E-state index is 9.08. The van der Waals surface area contributed by atoms with E-state index in [1.807, 2.05) is 11.8 Å². The molecule has 2 nitrogen and oxygen atoms in total. The van der Waals surface area contributed by atoms with Gasteiger partial charge in [0.05, 0.1) is 0 Å². The van der Waals surface area contributed by atoms with Gasteiger partial charge in [0.15, 0.2) is 0 Å². The molecule has 0 bridgehead atoms. The van der Waals surface area contributed by atoms with Crippen LogP contribution in [0.1, 0.15) is 26.3 Å². The molecule has 0 heterocycles. The second-order valence-electron chi connectivity index (χ2n) is 4.89. The van der Waals surface area contributed by atoms with Crippen LogP contribution in [0.2, 0.25) is 0 Å². The molecule has 0 aromatic heterocycles. The second kappa shape index (κ2) is 8.20. The molecule has 0 aliphatic heterocycles. The lowest BCUT2D eigenvalue weighted by atomic mass is 10.2. The molecule has 0 spiro atoms. The summed E-state index contributed by atoms with van der Waals surface area (Å²) in [5.74, 6) is 1.28. The number of hydrogen-bond acceptors (Lipinski definition) is 3. The van der Waals surface area contributed by atoms with E-state index in [4.69, 9.17) is 5.11 Å². The summed E-state index contributed by atoms with van der Waals surface area (Å²) in [5.41, 5.74) is 1.32. The van der Waals surface area contributed by atoms with Crippen LogP contribution in [0.5, 0.6) is 0 Å². The molecule has 0 saturated heterocycles. The van der Waals surface area contributed by atoms with Crippen molar-refractivity contribution in [2.24, 2.45) is 5.92 Å². The summed E-state index contributed by atoms with van der Waals surface area (Å²) >= 11 is 5.33. The Bertz CT molecular complexity index is 371. The number of nitrogens with one attached hydrogen (secondary N) is 1. The molecule has 0 aliphatic carbocycles. The van der Waals surface area contributed by atoms with Crippen molar-refractivity contribution < 1.29 is 5.11 Å². The van der Waals surface area contributed by atoms with Crippen LogP contribution in [0.25, 0.3) is 0 Å². The van der Waals surface area contributed by atoms with E-state index in [9.17, 15) is 0 Å². The van der Waals surface area contributed by atoms with Gasteiger partial charge in [0.25, 0.3) is 0 Å². The molecule has 0 fully saturated rings. The van der Waals surface area contributed by atoms with Crippen LogP contribution in [0, 0.1) is 5.92 Å². The van der Waals surface area contributed by atoms with Crippen LogP contribution in [0.3, 0.4) is 0 Å². The van der Waals surface area contributed by atoms with Crippen molar-refractivity contribution in [3.05, 3.63) is 28.2 Å². The van der Waals surface area contributed by atoms with Crippen LogP contribution >= 0.6 is 27.7 Å². The maximum atomic E-state index is 9.08. The van der Waals surface area contributed by atoms with E-state index in [2.05, 4.69) is 60.2 Å². The van der Waals surface area contributed by atoms with E-state index >= 15 is 0 Å². The number of aliphatic hydroxyl groups is 1. The molecular weight excluding hydrogens is 310 g/mol. The van der Waals surface area contributed by atoms with Gasteiger partial charge in [-0.1, -0.05) is 42.8 Å². The predicted molar refractivity (Wildman–Crippen MR) is 83.1 cm³/mol. The molecule has 0 saturated carbocycles. The van der Waals surface area contributed by atoms with E-state index in [-0.39, 0.29) is 6.61 Å². The fourth-order valence-electron chi connectivity index (χ4n) is 1.41. The highest BCUT2D eigenvalue weighted by molar-refractivity contribution is 9.10. The largest absolute Gasteiger partial charge is 0.396 e. The second-order valence-corrected chi connectivity index (χ2v) is 6.86. The molecule has 1 aromatic carbocycles. The predicted octanol–water partition coefficient (Wildman–Crippen LogP) is 3.67. The summed E-state index contributed by atoms with van der Waals surface area (Å²) in [5, 5.41) is 12.5. The van der Waals surface area contributed by atoms with Crippen LogP contribution in [-0.2, 0) is 6.54 Å². The standard InChI is InChI=1S/C14H22BrNOS/c1-10(2)16-7-12-4-5-13(15)6-14(12)18-9-11(3)8-17/h4-6,10-11,16-17H,7-9H2,1-3H3. The summed E-state index contributed by atoms with van der Waals surface area (Å²) in [6, 6.07) is 6.89. The lowest BCUT2D eigenvalue weighted by molar-refractivity contribution is 0.250. The van der Waals surface area contributed by atoms with Gasteiger partial charge >= 0.3 is 0 Å². The van der Waals surface area contributed by atoms with Crippen molar-refractivity contribution in [3.63, 3.8) is 0 Å². The zero-order valence-corrected chi connectivity index (χ0v) is 13.6. The van der Waals surface area contributed by atoms with Gasteiger partial charge in [-0.25, -0.2) is 0 Å². The summed E-state index contributed by atoms with van der Waals surface area (Å²) in [7, 11) is 0. The van der Waals surface area contributed by atoms with Crippen LogP contribution in [-0.4, -0.2) is 23.5 Å². The lowest BCUT2D eigenvalue weighted by Crippen LogP contribution is -2.22. The Morgan fingerprint density at radius 2 is 2.06 bits per heavy atom. The first kappa shape index (κ1) is 16.0.